The average molecular weight is 252 g/mol. The van der Waals surface area contributed by atoms with E-state index in [4.69, 9.17) is 5.73 Å². The van der Waals surface area contributed by atoms with E-state index >= 15 is 0 Å². The third-order valence-corrected chi connectivity index (χ3v) is 3.85. The smallest absolute Gasteiger partial charge is 0.224 e. The molecule has 1 saturated carbocycles. The summed E-state index contributed by atoms with van der Waals surface area (Å²) < 4.78 is 0. The van der Waals surface area contributed by atoms with Crippen LogP contribution in [0.2, 0.25) is 0 Å². The molecule has 1 aliphatic carbocycles. The van der Waals surface area contributed by atoms with E-state index in [1.807, 2.05) is 6.26 Å². The van der Waals surface area contributed by atoms with Crippen molar-refractivity contribution in [1.82, 2.24) is 15.0 Å². The predicted octanol–water partition coefficient (Wildman–Crippen LogP) is 3.00. The van der Waals surface area contributed by atoms with Gasteiger partial charge in [-0.15, -0.1) is 0 Å². The molecule has 0 saturated heterocycles. The molecule has 0 amide bonds. The number of nitrogens with two attached hydrogens (primary N) is 1. The number of aromatic nitrogens is 3. The van der Waals surface area contributed by atoms with Crippen LogP contribution in [-0.4, -0.2) is 21.2 Å². The zero-order valence-corrected chi connectivity index (χ0v) is 11.2. The Morgan fingerprint density at radius 2 is 1.65 bits per heavy atom. The lowest BCUT2D eigenvalue weighted by Crippen LogP contribution is -2.10. The maximum Gasteiger partial charge on any atom is 0.224 e. The highest BCUT2D eigenvalue weighted by molar-refractivity contribution is 7.98. The van der Waals surface area contributed by atoms with Gasteiger partial charge in [-0.1, -0.05) is 43.9 Å². The molecule has 4 nitrogen and oxygen atoms in total. The molecule has 0 atom stereocenters. The van der Waals surface area contributed by atoms with Crippen LogP contribution in [0.25, 0.3) is 0 Å². The summed E-state index contributed by atoms with van der Waals surface area (Å²) in [5.41, 5.74) is 5.74. The number of thioether (sulfide) groups is 1. The molecule has 94 valence electrons. The molecule has 1 aromatic heterocycles. The van der Waals surface area contributed by atoms with Crippen molar-refractivity contribution in [3.8, 4) is 0 Å². The number of anilines is 1. The van der Waals surface area contributed by atoms with E-state index in [1.165, 1.54) is 56.7 Å². The molecule has 0 unspecified atom stereocenters. The van der Waals surface area contributed by atoms with Gasteiger partial charge in [0.2, 0.25) is 5.95 Å². The third kappa shape index (κ3) is 3.56. The standard InChI is InChI=1S/C12H20N4S/c1-17-12-15-10(14-11(13)16-12)9-7-5-3-2-4-6-8-9/h9H,2-8H2,1H3,(H2,13,14,15,16). The van der Waals surface area contributed by atoms with Crippen LogP contribution in [0.1, 0.15) is 56.7 Å². The molecule has 5 heteroatoms. The van der Waals surface area contributed by atoms with Gasteiger partial charge in [-0.2, -0.15) is 9.97 Å². The zero-order chi connectivity index (χ0) is 12.1. The van der Waals surface area contributed by atoms with Crippen LogP contribution in [0.5, 0.6) is 0 Å². The molecule has 1 aliphatic rings. The van der Waals surface area contributed by atoms with Crippen LogP contribution in [-0.2, 0) is 0 Å². The van der Waals surface area contributed by atoms with Gasteiger partial charge in [0.05, 0.1) is 0 Å². The summed E-state index contributed by atoms with van der Waals surface area (Å²) in [6, 6.07) is 0. The van der Waals surface area contributed by atoms with Crippen molar-refractivity contribution >= 4 is 17.7 Å². The Morgan fingerprint density at radius 1 is 1.00 bits per heavy atom. The number of hydrogen-bond donors (Lipinski definition) is 1. The van der Waals surface area contributed by atoms with E-state index in [0.29, 0.717) is 11.9 Å². The van der Waals surface area contributed by atoms with Crippen molar-refractivity contribution in [2.75, 3.05) is 12.0 Å². The van der Waals surface area contributed by atoms with Crippen LogP contribution in [0.15, 0.2) is 5.16 Å². The van der Waals surface area contributed by atoms with Gasteiger partial charge < -0.3 is 5.73 Å². The van der Waals surface area contributed by atoms with Gasteiger partial charge in [0.25, 0.3) is 0 Å². The quantitative estimate of drug-likeness (QED) is 0.820. The van der Waals surface area contributed by atoms with Crippen LogP contribution < -0.4 is 5.73 Å². The first-order valence-electron chi connectivity index (χ1n) is 6.35. The Bertz CT molecular complexity index is 362. The van der Waals surface area contributed by atoms with E-state index in [-0.39, 0.29) is 0 Å². The number of nitrogens with zero attached hydrogens (tertiary/aromatic N) is 3. The fraction of sp³-hybridized carbons (Fsp3) is 0.750. The highest BCUT2D eigenvalue weighted by Crippen LogP contribution is 2.29. The second-order valence-corrected chi connectivity index (χ2v) is 5.35. The van der Waals surface area contributed by atoms with Gasteiger partial charge in [-0.25, -0.2) is 4.98 Å². The van der Waals surface area contributed by atoms with Crippen molar-refractivity contribution < 1.29 is 0 Å². The molecule has 0 bridgehead atoms. The lowest BCUT2D eigenvalue weighted by atomic mass is 9.90. The van der Waals surface area contributed by atoms with Crippen LogP contribution in [0, 0.1) is 0 Å². The third-order valence-electron chi connectivity index (χ3n) is 3.30. The first kappa shape index (κ1) is 12.6. The zero-order valence-electron chi connectivity index (χ0n) is 10.4. The fourth-order valence-corrected chi connectivity index (χ4v) is 2.75. The molecular weight excluding hydrogens is 232 g/mol. The van der Waals surface area contributed by atoms with E-state index in [1.54, 1.807) is 0 Å². The molecule has 0 radical (unpaired) electrons. The maximum absolute atomic E-state index is 5.74. The first-order valence-corrected chi connectivity index (χ1v) is 7.57. The van der Waals surface area contributed by atoms with Crippen LogP contribution in [0.4, 0.5) is 5.95 Å². The number of hydrogen-bond acceptors (Lipinski definition) is 5. The van der Waals surface area contributed by atoms with Gasteiger partial charge in [-0.3, -0.25) is 0 Å². The summed E-state index contributed by atoms with van der Waals surface area (Å²) >= 11 is 1.53. The summed E-state index contributed by atoms with van der Waals surface area (Å²) in [7, 11) is 0. The summed E-state index contributed by atoms with van der Waals surface area (Å²) in [4.78, 5) is 12.9. The Hall–Kier alpha value is -0.840. The van der Waals surface area contributed by atoms with Crippen molar-refractivity contribution in [3.63, 3.8) is 0 Å². The van der Waals surface area contributed by atoms with Gasteiger partial charge in [0.1, 0.15) is 5.82 Å². The molecule has 0 spiro atoms. The average Bonchev–Trinajstić information content (AvgIpc) is 2.27. The summed E-state index contributed by atoms with van der Waals surface area (Å²) in [6.07, 6.45) is 11.0. The molecule has 1 fully saturated rings. The van der Waals surface area contributed by atoms with Gasteiger partial charge in [-0.05, 0) is 19.1 Å². The highest BCUT2D eigenvalue weighted by Gasteiger charge is 2.17. The molecular formula is C12H20N4S. The van der Waals surface area contributed by atoms with E-state index in [9.17, 15) is 0 Å². The molecule has 0 aromatic carbocycles. The van der Waals surface area contributed by atoms with Crippen molar-refractivity contribution in [2.45, 2.75) is 56.0 Å². The minimum atomic E-state index is 0.362. The Balaban J connectivity index is 2.15. The molecule has 2 rings (SSSR count). The molecule has 1 heterocycles. The predicted molar refractivity (Wildman–Crippen MR) is 71.1 cm³/mol. The van der Waals surface area contributed by atoms with E-state index in [0.717, 1.165) is 11.0 Å². The minimum Gasteiger partial charge on any atom is -0.368 e. The minimum absolute atomic E-state index is 0.362. The topological polar surface area (TPSA) is 64.7 Å². The Kier molecular flexibility index (Phi) is 4.59. The Morgan fingerprint density at radius 3 is 2.29 bits per heavy atom. The number of rotatable bonds is 2. The van der Waals surface area contributed by atoms with Crippen molar-refractivity contribution in [3.05, 3.63) is 5.82 Å². The van der Waals surface area contributed by atoms with Crippen LogP contribution in [0.3, 0.4) is 0 Å². The fourth-order valence-electron chi connectivity index (χ4n) is 2.38. The lowest BCUT2D eigenvalue weighted by Gasteiger charge is -2.18. The highest BCUT2D eigenvalue weighted by atomic mass is 32.2. The molecule has 2 N–H and O–H groups in total. The molecule has 0 aliphatic heterocycles. The maximum atomic E-state index is 5.74. The van der Waals surface area contributed by atoms with Gasteiger partial charge >= 0.3 is 0 Å². The monoisotopic (exact) mass is 252 g/mol. The summed E-state index contributed by atoms with van der Waals surface area (Å²) in [6.45, 7) is 0. The number of nitrogen functional groups attached to an aromatic ring is 1. The SMILES string of the molecule is CSc1nc(N)nc(C2CCCCCCC2)n1. The largest absolute Gasteiger partial charge is 0.368 e. The second-order valence-electron chi connectivity index (χ2n) is 4.58. The Labute approximate surface area is 107 Å². The van der Waals surface area contributed by atoms with Gasteiger partial charge in [0, 0.05) is 5.92 Å². The van der Waals surface area contributed by atoms with Crippen LogP contribution >= 0.6 is 11.8 Å². The summed E-state index contributed by atoms with van der Waals surface area (Å²) in [5, 5.41) is 0.745. The van der Waals surface area contributed by atoms with Gasteiger partial charge in [0.15, 0.2) is 5.16 Å². The van der Waals surface area contributed by atoms with Crippen molar-refractivity contribution in [2.24, 2.45) is 0 Å². The van der Waals surface area contributed by atoms with E-state index in [2.05, 4.69) is 15.0 Å². The molecule has 1 aromatic rings. The first-order chi connectivity index (χ1) is 8.29. The van der Waals surface area contributed by atoms with E-state index < -0.39 is 0 Å². The summed E-state index contributed by atoms with van der Waals surface area (Å²) in [5.74, 6) is 1.75. The normalized spacial score (nSPS) is 18.6. The second kappa shape index (κ2) is 6.19. The molecule has 17 heavy (non-hydrogen) atoms. The lowest BCUT2D eigenvalue weighted by molar-refractivity contribution is 0.439. The van der Waals surface area contributed by atoms with Crippen molar-refractivity contribution in [1.29, 1.82) is 0 Å².